The Morgan fingerprint density at radius 1 is 1.43 bits per heavy atom. The summed E-state index contributed by atoms with van der Waals surface area (Å²) in [5.41, 5.74) is 1.59. The highest BCUT2D eigenvalue weighted by molar-refractivity contribution is 6.33. The van der Waals surface area contributed by atoms with Crippen LogP contribution in [0.25, 0.3) is 5.70 Å². The van der Waals surface area contributed by atoms with E-state index >= 15 is 0 Å². The van der Waals surface area contributed by atoms with Crippen LogP contribution in [0.2, 0.25) is 5.02 Å². The molecule has 1 aliphatic heterocycles. The second kappa shape index (κ2) is 7.16. The molecule has 0 radical (unpaired) electrons. The number of hydrogen-bond acceptors (Lipinski definition) is 3. The quantitative estimate of drug-likeness (QED) is 0.612. The Bertz CT molecular complexity index is 560. The SMILES string of the molecule is CCN1C(=O)C(Cl)CC=C1c1ccc(OCOC)cc1Cl. The smallest absolute Gasteiger partial charge is 0.245 e. The first-order valence-electron chi connectivity index (χ1n) is 6.65. The molecule has 0 N–H and O–H groups in total. The third kappa shape index (κ3) is 3.51. The van der Waals surface area contributed by atoms with Crippen molar-refractivity contribution in [1.29, 1.82) is 0 Å². The van der Waals surface area contributed by atoms with Crippen LogP contribution in [-0.4, -0.2) is 36.6 Å². The molecule has 1 heterocycles. The van der Waals surface area contributed by atoms with Gasteiger partial charge in [-0.15, -0.1) is 11.6 Å². The predicted octanol–water partition coefficient (Wildman–Crippen LogP) is 3.52. The second-order valence-corrected chi connectivity index (χ2v) is 5.50. The van der Waals surface area contributed by atoms with Gasteiger partial charge >= 0.3 is 0 Å². The van der Waals surface area contributed by atoms with E-state index in [1.807, 2.05) is 19.1 Å². The molecule has 0 saturated carbocycles. The van der Waals surface area contributed by atoms with E-state index in [9.17, 15) is 4.79 Å². The van der Waals surface area contributed by atoms with Gasteiger partial charge in [0, 0.05) is 24.9 Å². The molecule has 2 rings (SSSR count). The Labute approximate surface area is 134 Å². The number of allylic oxidation sites excluding steroid dienone is 1. The van der Waals surface area contributed by atoms with Gasteiger partial charge in [-0.25, -0.2) is 0 Å². The van der Waals surface area contributed by atoms with Gasteiger partial charge in [0.05, 0.1) is 5.02 Å². The van der Waals surface area contributed by atoms with Crippen molar-refractivity contribution in [2.75, 3.05) is 20.4 Å². The third-order valence-corrected chi connectivity index (χ3v) is 3.90. The molecule has 21 heavy (non-hydrogen) atoms. The minimum Gasteiger partial charge on any atom is -0.468 e. The first-order chi connectivity index (χ1) is 10.1. The van der Waals surface area contributed by atoms with E-state index in [0.29, 0.717) is 23.7 Å². The normalized spacial score (nSPS) is 18.7. The fourth-order valence-electron chi connectivity index (χ4n) is 2.22. The lowest BCUT2D eigenvalue weighted by atomic mass is 10.0. The molecule has 1 atom stereocenters. The highest BCUT2D eigenvalue weighted by Crippen LogP contribution is 2.33. The highest BCUT2D eigenvalue weighted by atomic mass is 35.5. The maximum Gasteiger partial charge on any atom is 0.245 e. The number of benzene rings is 1. The van der Waals surface area contributed by atoms with Crippen LogP contribution < -0.4 is 4.74 Å². The van der Waals surface area contributed by atoms with E-state index in [0.717, 1.165) is 11.3 Å². The first-order valence-corrected chi connectivity index (χ1v) is 7.47. The summed E-state index contributed by atoms with van der Waals surface area (Å²) < 4.78 is 10.2. The van der Waals surface area contributed by atoms with Crippen molar-refractivity contribution in [3.05, 3.63) is 34.9 Å². The summed E-state index contributed by atoms with van der Waals surface area (Å²) in [5, 5.41) is 0.0194. The van der Waals surface area contributed by atoms with Gasteiger partial charge in [0.2, 0.25) is 5.91 Å². The molecule has 0 fully saturated rings. The summed E-state index contributed by atoms with van der Waals surface area (Å²) in [4.78, 5) is 13.8. The van der Waals surface area contributed by atoms with Gasteiger partial charge < -0.3 is 14.4 Å². The van der Waals surface area contributed by atoms with Gasteiger partial charge in [-0.05, 0) is 31.5 Å². The van der Waals surface area contributed by atoms with Crippen LogP contribution in [0.1, 0.15) is 18.9 Å². The van der Waals surface area contributed by atoms with Gasteiger partial charge in [0.1, 0.15) is 11.1 Å². The molecule has 1 unspecified atom stereocenters. The molecule has 0 bridgehead atoms. The zero-order chi connectivity index (χ0) is 15.4. The second-order valence-electron chi connectivity index (χ2n) is 4.57. The predicted molar refractivity (Wildman–Crippen MR) is 83.6 cm³/mol. The zero-order valence-corrected chi connectivity index (χ0v) is 13.4. The Kier molecular flexibility index (Phi) is 5.51. The van der Waals surface area contributed by atoms with Gasteiger partial charge in [-0.2, -0.15) is 0 Å². The number of ether oxygens (including phenoxy) is 2. The summed E-state index contributed by atoms with van der Waals surface area (Å²) >= 11 is 12.3. The zero-order valence-electron chi connectivity index (χ0n) is 11.9. The number of carbonyl (C=O) groups is 1. The number of hydrogen-bond donors (Lipinski definition) is 0. The number of rotatable bonds is 5. The minimum atomic E-state index is -0.503. The molecular weight excluding hydrogens is 313 g/mol. The standard InChI is InChI=1S/C15H17Cl2NO3/c1-3-18-14(7-6-12(16)15(18)19)11-5-4-10(8-13(11)17)21-9-20-2/h4-5,7-8,12H,3,6,9H2,1-2H3. The van der Waals surface area contributed by atoms with Crippen molar-refractivity contribution in [2.45, 2.75) is 18.7 Å². The number of methoxy groups -OCH3 is 1. The monoisotopic (exact) mass is 329 g/mol. The summed E-state index contributed by atoms with van der Waals surface area (Å²) in [6, 6.07) is 5.34. The first kappa shape index (κ1) is 16.1. The average molecular weight is 330 g/mol. The lowest BCUT2D eigenvalue weighted by molar-refractivity contribution is -0.127. The number of halogens is 2. The van der Waals surface area contributed by atoms with Crippen LogP contribution in [0.5, 0.6) is 5.75 Å². The van der Waals surface area contributed by atoms with Crippen LogP contribution in [0.4, 0.5) is 0 Å². The minimum absolute atomic E-state index is 0.0903. The molecule has 0 aliphatic carbocycles. The van der Waals surface area contributed by atoms with Crippen molar-refractivity contribution < 1.29 is 14.3 Å². The van der Waals surface area contributed by atoms with E-state index in [1.165, 1.54) is 0 Å². The Morgan fingerprint density at radius 3 is 2.81 bits per heavy atom. The Morgan fingerprint density at radius 2 is 2.19 bits per heavy atom. The lowest BCUT2D eigenvalue weighted by Gasteiger charge is -2.30. The molecule has 1 aromatic carbocycles. The molecule has 0 aromatic heterocycles. The molecular formula is C15H17Cl2NO3. The van der Waals surface area contributed by atoms with Gasteiger partial charge in [0.15, 0.2) is 6.79 Å². The number of amides is 1. The average Bonchev–Trinajstić information content (AvgIpc) is 2.48. The number of carbonyl (C=O) groups excluding carboxylic acids is 1. The molecule has 1 aliphatic rings. The largest absolute Gasteiger partial charge is 0.468 e. The summed E-state index contributed by atoms with van der Waals surface area (Å²) in [6.45, 7) is 2.61. The van der Waals surface area contributed by atoms with Crippen molar-refractivity contribution in [3.8, 4) is 5.75 Å². The van der Waals surface area contributed by atoms with E-state index in [1.54, 1.807) is 24.1 Å². The van der Waals surface area contributed by atoms with Crippen molar-refractivity contribution in [2.24, 2.45) is 0 Å². The van der Waals surface area contributed by atoms with Gasteiger partial charge in [0.25, 0.3) is 0 Å². The van der Waals surface area contributed by atoms with Crippen LogP contribution in [0.15, 0.2) is 24.3 Å². The van der Waals surface area contributed by atoms with Crippen molar-refractivity contribution in [3.63, 3.8) is 0 Å². The van der Waals surface area contributed by atoms with Crippen LogP contribution in [0.3, 0.4) is 0 Å². The van der Waals surface area contributed by atoms with Crippen molar-refractivity contribution in [1.82, 2.24) is 4.90 Å². The molecule has 1 aromatic rings. The van der Waals surface area contributed by atoms with Gasteiger partial charge in [-0.1, -0.05) is 17.7 Å². The van der Waals surface area contributed by atoms with E-state index in [-0.39, 0.29) is 12.7 Å². The van der Waals surface area contributed by atoms with Crippen LogP contribution >= 0.6 is 23.2 Å². The van der Waals surface area contributed by atoms with Crippen LogP contribution in [0, 0.1) is 0 Å². The molecule has 114 valence electrons. The summed E-state index contributed by atoms with van der Waals surface area (Å²) in [7, 11) is 1.55. The van der Waals surface area contributed by atoms with Gasteiger partial charge in [-0.3, -0.25) is 4.79 Å². The highest BCUT2D eigenvalue weighted by Gasteiger charge is 2.29. The van der Waals surface area contributed by atoms with E-state index < -0.39 is 5.38 Å². The molecule has 1 amide bonds. The molecule has 0 saturated heterocycles. The third-order valence-electron chi connectivity index (χ3n) is 3.22. The fourth-order valence-corrected chi connectivity index (χ4v) is 2.69. The number of nitrogens with zero attached hydrogens (tertiary/aromatic N) is 1. The maximum absolute atomic E-state index is 12.1. The Hall–Kier alpha value is -1.23. The lowest BCUT2D eigenvalue weighted by Crippen LogP contribution is -2.38. The molecule has 6 heteroatoms. The summed E-state index contributed by atoms with van der Waals surface area (Å²) in [5.74, 6) is 0.527. The topological polar surface area (TPSA) is 38.8 Å². The maximum atomic E-state index is 12.1. The molecule has 4 nitrogen and oxygen atoms in total. The van der Waals surface area contributed by atoms with Crippen LogP contribution in [-0.2, 0) is 9.53 Å². The Balaban J connectivity index is 2.30. The van der Waals surface area contributed by atoms with E-state index in [2.05, 4.69) is 0 Å². The fraction of sp³-hybridized carbons (Fsp3) is 0.400. The number of alkyl halides is 1. The summed E-state index contributed by atoms with van der Waals surface area (Å²) in [6.07, 6.45) is 2.45. The van der Waals surface area contributed by atoms with E-state index in [4.69, 9.17) is 32.7 Å². The van der Waals surface area contributed by atoms with Crippen molar-refractivity contribution >= 4 is 34.8 Å². The molecule has 0 spiro atoms.